The molecule has 164 valence electrons. The lowest BCUT2D eigenvalue weighted by Crippen LogP contribution is -2.53. The molecule has 1 aromatic carbocycles. The first-order chi connectivity index (χ1) is 15.1. The topological polar surface area (TPSA) is 70.9 Å². The van der Waals surface area contributed by atoms with Crippen molar-refractivity contribution >= 4 is 11.4 Å². The van der Waals surface area contributed by atoms with Crippen molar-refractivity contribution < 1.29 is 8.78 Å². The number of halogens is 2. The first kappa shape index (κ1) is 20.5. The molecule has 0 spiro atoms. The van der Waals surface area contributed by atoms with Gasteiger partial charge in [-0.05, 0) is 57.9 Å². The highest BCUT2D eigenvalue weighted by Crippen LogP contribution is 2.34. The van der Waals surface area contributed by atoms with Gasteiger partial charge in [-0.25, -0.2) is 18.7 Å². The highest BCUT2D eigenvalue weighted by atomic mass is 19.1. The minimum Gasteiger partial charge on any atom is -0.303 e. The summed E-state index contributed by atoms with van der Waals surface area (Å²) in [5.41, 5.74) is 2.77. The predicted molar refractivity (Wildman–Crippen MR) is 120 cm³/mol. The van der Waals surface area contributed by atoms with E-state index in [1.165, 1.54) is 24.5 Å². The molecule has 4 heterocycles. The van der Waals surface area contributed by atoms with Gasteiger partial charge in [0, 0.05) is 46.4 Å². The monoisotopic (exact) mass is 434 g/mol. The van der Waals surface area contributed by atoms with Crippen LogP contribution in [0.5, 0.6) is 0 Å². The summed E-state index contributed by atoms with van der Waals surface area (Å²) >= 11 is 0. The van der Waals surface area contributed by atoms with Crippen LogP contribution < -0.4 is 5.32 Å². The number of nitrogens with zero attached hydrogens (tertiary/aromatic N) is 4. The van der Waals surface area contributed by atoms with Crippen molar-refractivity contribution in [3.05, 3.63) is 66.4 Å². The van der Waals surface area contributed by atoms with Crippen LogP contribution >= 0.6 is 0 Å². The van der Waals surface area contributed by atoms with E-state index in [4.69, 9.17) is 4.98 Å². The summed E-state index contributed by atoms with van der Waals surface area (Å²) in [5.74, 6) is -0.667. The van der Waals surface area contributed by atoms with Crippen molar-refractivity contribution in [2.45, 2.75) is 45.2 Å². The van der Waals surface area contributed by atoms with Crippen molar-refractivity contribution in [2.24, 2.45) is 0 Å². The van der Waals surface area contributed by atoms with Gasteiger partial charge in [0.1, 0.15) is 11.6 Å². The van der Waals surface area contributed by atoms with E-state index in [-0.39, 0.29) is 22.2 Å². The molecule has 0 saturated heterocycles. The third-order valence-electron chi connectivity index (χ3n) is 5.63. The zero-order valence-corrected chi connectivity index (χ0v) is 18.4. The molecule has 0 unspecified atom stereocenters. The molecule has 1 aliphatic heterocycles. The minimum absolute atomic E-state index is 0.0701. The van der Waals surface area contributed by atoms with Crippen LogP contribution in [0.15, 0.2) is 49.1 Å². The quantitative estimate of drug-likeness (QED) is 0.476. The van der Waals surface area contributed by atoms with Crippen molar-refractivity contribution in [1.29, 1.82) is 0 Å². The molecule has 2 N–H and O–H groups in total. The Morgan fingerprint density at radius 2 is 1.72 bits per heavy atom. The van der Waals surface area contributed by atoms with E-state index in [2.05, 4.69) is 54.3 Å². The lowest BCUT2D eigenvalue weighted by atomic mass is 9.82. The van der Waals surface area contributed by atoms with Crippen molar-refractivity contribution in [3.8, 4) is 22.4 Å². The molecule has 0 saturated carbocycles. The first-order valence-electron chi connectivity index (χ1n) is 10.5. The van der Waals surface area contributed by atoms with Crippen molar-refractivity contribution in [3.63, 3.8) is 0 Å². The number of nitrogens with one attached hydrogen (secondary N) is 2. The second-order valence-corrected chi connectivity index (χ2v) is 9.52. The fourth-order valence-electron chi connectivity index (χ4n) is 4.62. The first-order valence-corrected chi connectivity index (χ1v) is 10.5. The van der Waals surface area contributed by atoms with Gasteiger partial charge in [-0.3, -0.25) is 9.50 Å². The molecule has 1 aliphatic rings. The van der Waals surface area contributed by atoms with Gasteiger partial charge in [-0.15, -0.1) is 0 Å². The number of fused-ring (bicyclic) bond motifs is 1. The van der Waals surface area contributed by atoms with Crippen LogP contribution in [0.25, 0.3) is 33.7 Å². The molecular formula is C24H24F2N6. The molecule has 8 heteroatoms. The van der Waals surface area contributed by atoms with E-state index in [9.17, 15) is 8.78 Å². The van der Waals surface area contributed by atoms with Gasteiger partial charge in [0.2, 0.25) is 5.78 Å². The summed E-state index contributed by atoms with van der Waals surface area (Å²) in [4.78, 5) is 9.20. The number of H-pyrrole nitrogens is 1. The zero-order chi connectivity index (χ0) is 22.7. The van der Waals surface area contributed by atoms with Gasteiger partial charge in [-0.2, -0.15) is 5.10 Å². The summed E-state index contributed by atoms with van der Waals surface area (Å²) in [6.07, 6.45) is 9.49. The predicted octanol–water partition coefficient (Wildman–Crippen LogP) is 5.00. The smallest absolute Gasteiger partial charge is 0.234 e. The fraction of sp³-hybridized carbons (Fsp3) is 0.292. The summed E-state index contributed by atoms with van der Waals surface area (Å²) < 4.78 is 31.3. The number of hydrogen-bond donors (Lipinski definition) is 2. The minimum atomic E-state index is -0.559. The molecule has 0 amide bonds. The maximum absolute atomic E-state index is 14.9. The maximum Gasteiger partial charge on any atom is 0.234 e. The molecule has 0 fully saturated rings. The molecule has 4 aromatic rings. The van der Waals surface area contributed by atoms with Gasteiger partial charge in [-0.1, -0.05) is 6.08 Å². The summed E-state index contributed by atoms with van der Waals surface area (Å²) in [7, 11) is 0. The Labute approximate surface area is 184 Å². The van der Waals surface area contributed by atoms with Crippen LogP contribution in [0, 0.1) is 11.6 Å². The van der Waals surface area contributed by atoms with E-state index >= 15 is 0 Å². The van der Waals surface area contributed by atoms with Crippen LogP contribution in [-0.2, 0) is 0 Å². The van der Waals surface area contributed by atoms with Crippen LogP contribution in [0.3, 0.4) is 0 Å². The van der Waals surface area contributed by atoms with Gasteiger partial charge < -0.3 is 5.32 Å². The zero-order valence-electron chi connectivity index (χ0n) is 18.4. The largest absolute Gasteiger partial charge is 0.303 e. The maximum atomic E-state index is 14.9. The molecule has 32 heavy (non-hydrogen) atoms. The number of rotatable bonds is 3. The number of aromatic amines is 1. The Kier molecular flexibility index (Phi) is 4.53. The Bertz CT molecular complexity index is 1350. The second-order valence-electron chi connectivity index (χ2n) is 9.52. The average Bonchev–Trinajstić information content (AvgIpc) is 3.36. The van der Waals surface area contributed by atoms with Gasteiger partial charge >= 0.3 is 0 Å². The van der Waals surface area contributed by atoms with E-state index in [0.29, 0.717) is 17.0 Å². The van der Waals surface area contributed by atoms with E-state index in [1.807, 2.05) is 12.3 Å². The summed E-state index contributed by atoms with van der Waals surface area (Å²) in [6, 6.07) is 4.27. The van der Waals surface area contributed by atoms with Gasteiger partial charge in [0.25, 0.3) is 0 Å². The number of aromatic nitrogens is 5. The Hall–Kier alpha value is -3.39. The third kappa shape index (κ3) is 3.71. The van der Waals surface area contributed by atoms with Crippen LogP contribution in [0.1, 0.15) is 39.8 Å². The lowest BCUT2D eigenvalue weighted by Gasteiger charge is -2.41. The SMILES string of the molecule is CC1(C)C=C(c2ccn3cc(-c4cc(F)c(-c5cn[nH]c5)cc4F)nc3n2)CC(C)(C)N1. The Morgan fingerprint density at radius 1 is 1.00 bits per heavy atom. The molecule has 0 bridgehead atoms. The van der Waals surface area contributed by atoms with Crippen molar-refractivity contribution in [2.75, 3.05) is 0 Å². The van der Waals surface area contributed by atoms with E-state index < -0.39 is 11.6 Å². The highest BCUT2D eigenvalue weighted by Gasteiger charge is 2.33. The molecule has 6 nitrogen and oxygen atoms in total. The summed E-state index contributed by atoms with van der Waals surface area (Å²) in [5, 5.41) is 10.0. The lowest BCUT2D eigenvalue weighted by molar-refractivity contribution is 0.297. The van der Waals surface area contributed by atoms with E-state index in [1.54, 1.807) is 10.6 Å². The molecule has 0 aliphatic carbocycles. The average molecular weight is 434 g/mol. The molecule has 3 aromatic heterocycles. The normalized spacial score (nSPS) is 17.5. The summed E-state index contributed by atoms with van der Waals surface area (Å²) in [6.45, 7) is 8.59. The second kappa shape index (κ2) is 7.06. The van der Waals surface area contributed by atoms with Gasteiger partial charge in [0.05, 0.1) is 17.6 Å². The van der Waals surface area contributed by atoms with Crippen molar-refractivity contribution in [1.82, 2.24) is 29.9 Å². The standard InChI is InChI=1S/C24H24F2N6/c1-23(2)9-14(10-24(3,4)31-23)20-5-6-32-13-21(30-22(32)29-20)17-8-18(25)16(7-19(17)26)15-11-27-28-12-15/h5-9,11-13,31H,10H2,1-4H3,(H,27,28). The molecular weight excluding hydrogens is 410 g/mol. The van der Waals surface area contributed by atoms with Crippen LogP contribution in [0.2, 0.25) is 0 Å². The van der Waals surface area contributed by atoms with Crippen LogP contribution in [-0.4, -0.2) is 35.6 Å². The van der Waals surface area contributed by atoms with Gasteiger partial charge in [0.15, 0.2) is 0 Å². The number of imidazole rings is 1. The third-order valence-corrected chi connectivity index (χ3v) is 5.63. The Balaban J connectivity index is 1.54. The highest BCUT2D eigenvalue weighted by molar-refractivity contribution is 5.71. The van der Waals surface area contributed by atoms with E-state index in [0.717, 1.165) is 17.7 Å². The fourth-order valence-corrected chi connectivity index (χ4v) is 4.62. The number of benzene rings is 1. The molecule has 0 radical (unpaired) electrons. The molecule has 0 atom stereocenters. The van der Waals surface area contributed by atoms with Crippen LogP contribution in [0.4, 0.5) is 8.78 Å². The Morgan fingerprint density at radius 3 is 2.44 bits per heavy atom. The molecule has 5 rings (SSSR count). The number of hydrogen-bond acceptors (Lipinski definition) is 4.